The second kappa shape index (κ2) is 6.21. The zero-order chi connectivity index (χ0) is 16.4. The van der Waals surface area contributed by atoms with Crippen LogP contribution in [0.2, 0.25) is 0 Å². The normalized spacial score (nSPS) is 10.7. The average molecular weight is 329 g/mol. The third kappa shape index (κ3) is 3.24. The Labute approximate surface area is 136 Å². The van der Waals surface area contributed by atoms with Crippen LogP contribution in [0.3, 0.4) is 0 Å². The van der Waals surface area contributed by atoms with E-state index >= 15 is 0 Å². The number of nitrogens with one attached hydrogen (secondary N) is 2. The number of carbonyl (C=O) groups is 1. The molecule has 2 aromatic heterocycles. The van der Waals surface area contributed by atoms with Gasteiger partial charge in [0.25, 0.3) is 11.5 Å². The van der Waals surface area contributed by atoms with Gasteiger partial charge in [-0.3, -0.25) is 9.59 Å². The highest BCUT2D eigenvalue weighted by atomic mass is 32.1. The van der Waals surface area contributed by atoms with E-state index in [2.05, 4.69) is 15.3 Å². The highest BCUT2D eigenvalue weighted by Gasteiger charge is 2.12. The van der Waals surface area contributed by atoms with E-state index in [-0.39, 0.29) is 5.56 Å². The summed E-state index contributed by atoms with van der Waals surface area (Å²) in [5, 5.41) is 6.17. The number of carbonyl (C=O) groups excluding carboxylic acids is 1. The fourth-order valence-corrected chi connectivity index (χ4v) is 2.93. The number of aromatic amines is 1. The molecule has 1 amide bonds. The number of rotatable bonds is 4. The largest absolute Gasteiger partial charge is 0.497 e. The Morgan fingerprint density at radius 1 is 1.39 bits per heavy atom. The van der Waals surface area contributed by atoms with Crippen molar-refractivity contribution >= 4 is 28.1 Å². The van der Waals surface area contributed by atoms with Gasteiger partial charge in [-0.25, -0.2) is 4.98 Å². The number of nitrogens with zero attached hydrogens (tertiary/aromatic N) is 1. The van der Waals surface area contributed by atoms with Crippen LogP contribution in [-0.4, -0.2) is 23.0 Å². The number of hydrogen-bond donors (Lipinski definition) is 2. The maximum Gasteiger partial charge on any atom is 0.261 e. The molecule has 0 bridgehead atoms. The molecule has 0 atom stereocenters. The van der Waals surface area contributed by atoms with Crippen LogP contribution in [0, 0.1) is 6.92 Å². The first kappa shape index (κ1) is 15.2. The zero-order valence-electron chi connectivity index (χ0n) is 12.7. The van der Waals surface area contributed by atoms with Crippen molar-refractivity contribution in [3.63, 3.8) is 0 Å². The Morgan fingerprint density at radius 2 is 2.22 bits per heavy atom. The number of benzene rings is 1. The second-order valence-corrected chi connectivity index (χ2v) is 5.97. The van der Waals surface area contributed by atoms with Gasteiger partial charge in [0.1, 0.15) is 16.3 Å². The third-order valence-corrected chi connectivity index (χ3v) is 4.33. The molecule has 118 valence electrons. The molecule has 6 nitrogen and oxygen atoms in total. The summed E-state index contributed by atoms with van der Waals surface area (Å²) >= 11 is 1.47. The van der Waals surface area contributed by atoms with Crippen LogP contribution in [0.5, 0.6) is 5.75 Å². The molecular formula is C16H15N3O3S. The summed E-state index contributed by atoms with van der Waals surface area (Å²) in [6, 6.07) is 6.84. The van der Waals surface area contributed by atoms with Crippen molar-refractivity contribution in [2.45, 2.75) is 13.5 Å². The second-order valence-electron chi connectivity index (χ2n) is 5.03. The standard InChI is InChI=1S/C16H15N3O3S/c1-9-8-23-14(18-9)7-17-15(20)12-6-10-5-11(22-2)3-4-13(10)19-16(12)21/h3-6,8H,7H2,1-2H3,(H,17,20)(H,19,21). The highest BCUT2D eigenvalue weighted by molar-refractivity contribution is 7.09. The van der Waals surface area contributed by atoms with Gasteiger partial charge in [-0.2, -0.15) is 0 Å². The van der Waals surface area contributed by atoms with Gasteiger partial charge < -0.3 is 15.0 Å². The molecule has 23 heavy (non-hydrogen) atoms. The average Bonchev–Trinajstić information content (AvgIpc) is 2.97. The summed E-state index contributed by atoms with van der Waals surface area (Å²) in [6.07, 6.45) is 0. The molecule has 0 aliphatic rings. The van der Waals surface area contributed by atoms with E-state index in [4.69, 9.17) is 4.74 Å². The minimum atomic E-state index is -0.427. The number of fused-ring (bicyclic) bond motifs is 1. The summed E-state index contributed by atoms with van der Waals surface area (Å²) in [4.78, 5) is 31.3. The number of H-pyrrole nitrogens is 1. The van der Waals surface area contributed by atoms with Gasteiger partial charge in [-0.15, -0.1) is 11.3 Å². The van der Waals surface area contributed by atoms with Crippen molar-refractivity contribution in [2.24, 2.45) is 0 Å². The minimum Gasteiger partial charge on any atom is -0.497 e. The molecule has 7 heteroatoms. The Bertz CT molecular complexity index is 930. The molecule has 0 saturated heterocycles. The maximum absolute atomic E-state index is 12.3. The van der Waals surface area contributed by atoms with Crippen LogP contribution >= 0.6 is 11.3 Å². The number of pyridine rings is 1. The lowest BCUT2D eigenvalue weighted by molar-refractivity contribution is 0.0949. The van der Waals surface area contributed by atoms with E-state index < -0.39 is 11.5 Å². The SMILES string of the molecule is COc1ccc2[nH]c(=O)c(C(=O)NCc3nc(C)cs3)cc2c1. The van der Waals surface area contributed by atoms with Gasteiger partial charge in [0.15, 0.2) is 0 Å². The third-order valence-electron chi connectivity index (χ3n) is 3.36. The maximum atomic E-state index is 12.3. The van der Waals surface area contributed by atoms with Crippen LogP contribution in [0.4, 0.5) is 0 Å². The number of hydrogen-bond acceptors (Lipinski definition) is 5. The van der Waals surface area contributed by atoms with Crippen molar-refractivity contribution in [1.29, 1.82) is 0 Å². The first-order valence-corrected chi connectivity index (χ1v) is 7.85. The van der Waals surface area contributed by atoms with E-state index in [0.717, 1.165) is 16.1 Å². The summed E-state index contributed by atoms with van der Waals surface area (Å²) in [6.45, 7) is 2.19. The van der Waals surface area contributed by atoms with E-state index in [9.17, 15) is 9.59 Å². The van der Waals surface area contributed by atoms with Crippen molar-refractivity contribution in [2.75, 3.05) is 7.11 Å². The molecule has 0 unspecified atom stereocenters. The Hall–Kier alpha value is -2.67. The number of aryl methyl sites for hydroxylation is 1. The van der Waals surface area contributed by atoms with Gasteiger partial charge in [0, 0.05) is 22.0 Å². The lowest BCUT2D eigenvalue weighted by Crippen LogP contribution is -2.29. The quantitative estimate of drug-likeness (QED) is 0.769. The molecule has 0 aliphatic carbocycles. The van der Waals surface area contributed by atoms with Crippen molar-refractivity contribution < 1.29 is 9.53 Å². The van der Waals surface area contributed by atoms with Crippen LogP contribution in [0.15, 0.2) is 34.4 Å². The van der Waals surface area contributed by atoms with E-state index in [1.165, 1.54) is 11.3 Å². The zero-order valence-corrected chi connectivity index (χ0v) is 13.5. The smallest absolute Gasteiger partial charge is 0.261 e. The lowest BCUT2D eigenvalue weighted by Gasteiger charge is -2.06. The predicted molar refractivity (Wildman–Crippen MR) is 89.1 cm³/mol. The summed E-state index contributed by atoms with van der Waals surface area (Å²) < 4.78 is 5.16. The highest BCUT2D eigenvalue weighted by Crippen LogP contribution is 2.18. The fourth-order valence-electron chi connectivity index (χ4n) is 2.22. The summed E-state index contributed by atoms with van der Waals surface area (Å²) in [5.41, 5.74) is 1.22. The number of aromatic nitrogens is 2. The Balaban J connectivity index is 1.87. The van der Waals surface area contributed by atoms with Crippen LogP contribution in [0.1, 0.15) is 21.1 Å². The molecule has 0 aliphatic heterocycles. The van der Waals surface area contributed by atoms with Gasteiger partial charge in [-0.05, 0) is 31.2 Å². The van der Waals surface area contributed by atoms with Crippen molar-refractivity contribution in [3.8, 4) is 5.75 Å². The predicted octanol–water partition coefficient (Wildman–Crippen LogP) is 2.23. The van der Waals surface area contributed by atoms with Crippen LogP contribution in [0.25, 0.3) is 10.9 Å². The van der Waals surface area contributed by atoms with Gasteiger partial charge in [-0.1, -0.05) is 0 Å². The van der Waals surface area contributed by atoms with Gasteiger partial charge >= 0.3 is 0 Å². The minimum absolute atomic E-state index is 0.0685. The number of thiazole rings is 1. The molecule has 0 saturated carbocycles. The van der Waals surface area contributed by atoms with E-state index in [1.807, 2.05) is 12.3 Å². The fraction of sp³-hybridized carbons (Fsp3) is 0.188. The monoisotopic (exact) mass is 329 g/mol. The number of ether oxygens (including phenoxy) is 1. The van der Waals surface area contributed by atoms with E-state index in [1.54, 1.807) is 31.4 Å². The Morgan fingerprint density at radius 3 is 2.91 bits per heavy atom. The number of methoxy groups -OCH3 is 1. The molecule has 2 heterocycles. The first-order valence-electron chi connectivity index (χ1n) is 6.97. The van der Waals surface area contributed by atoms with Gasteiger partial charge in [0.05, 0.1) is 13.7 Å². The van der Waals surface area contributed by atoms with Crippen molar-refractivity contribution in [3.05, 3.63) is 56.3 Å². The topological polar surface area (TPSA) is 84.1 Å². The molecule has 2 N–H and O–H groups in total. The van der Waals surface area contributed by atoms with Gasteiger partial charge in [0.2, 0.25) is 0 Å². The molecule has 0 radical (unpaired) electrons. The molecule has 3 rings (SSSR count). The van der Waals surface area contributed by atoms with E-state index in [0.29, 0.717) is 17.8 Å². The molecule has 0 fully saturated rings. The summed E-state index contributed by atoms with van der Waals surface area (Å²) in [7, 11) is 1.57. The summed E-state index contributed by atoms with van der Waals surface area (Å²) in [5.74, 6) is 0.234. The molecular weight excluding hydrogens is 314 g/mol. The lowest BCUT2D eigenvalue weighted by atomic mass is 10.1. The molecule has 1 aromatic carbocycles. The number of amides is 1. The van der Waals surface area contributed by atoms with Crippen molar-refractivity contribution in [1.82, 2.24) is 15.3 Å². The Kier molecular flexibility index (Phi) is 4.12. The first-order chi connectivity index (χ1) is 11.1. The molecule has 3 aromatic rings. The molecule has 0 spiro atoms. The van der Waals surface area contributed by atoms with Crippen LogP contribution in [-0.2, 0) is 6.54 Å². The van der Waals surface area contributed by atoms with Crippen LogP contribution < -0.4 is 15.6 Å².